The first-order valence-electron chi connectivity index (χ1n) is 12.0. The summed E-state index contributed by atoms with van der Waals surface area (Å²) in [5.41, 5.74) is 0.493. The van der Waals surface area contributed by atoms with Crippen molar-refractivity contribution < 1.29 is 23.1 Å². The van der Waals surface area contributed by atoms with Crippen molar-refractivity contribution in [3.05, 3.63) is 36.3 Å². The monoisotopic (exact) mass is 505 g/mol. The summed E-state index contributed by atoms with van der Waals surface area (Å²) in [7, 11) is -0.152. The van der Waals surface area contributed by atoms with E-state index in [4.69, 9.17) is 4.74 Å². The summed E-state index contributed by atoms with van der Waals surface area (Å²) in [5.74, 6) is 0.878. The molecular formula is C24H35N5O5S. The highest BCUT2D eigenvalue weighted by Crippen LogP contribution is 2.32. The number of rotatable bonds is 9. The predicted octanol–water partition coefficient (Wildman–Crippen LogP) is 1.78. The van der Waals surface area contributed by atoms with Gasteiger partial charge in [0.25, 0.3) is 15.9 Å². The number of aliphatic hydroxyl groups is 1. The van der Waals surface area contributed by atoms with Gasteiger partial charge in [0.2, 0.25) is 0 Å². The van der Waals surface area contributed by atoms with Crippen LogP contribution in [0.4, 0.5) is 5.69 Å². The lowest BCUT2D eigenvalue weighted by Gasteiger charge is -2.38. The van der Waals surface area contributed by atoms with Crippen LogP contribution in [-0.2, 0) is 17.1 Å². The molecule has 4 rings (SSSR count). The molecule has 2 heterocycles. The molecule has 0 bridgehead atoms. The Kier molecular flexibility index (Phi) is 7.39. The van der Waals surface area contributed by atoms with Gasteiger partial charge in [0.1, 0.15) is 11.9 Å². The van der Waals surface area contributed by atoms with Gasteiger partial charge in [-0.3, -0.25) is 9.52 Å². The molecule has 10 nitrogen and oxygen atoms in total. The second kappa shape index (κ2) is 10.2. The summed E-state index contributed by atoms with van der Waals surface area (Å²) >= 11 is 0. The van der Waals surface area contributed by atoms with Crippen LogP contribution >= 0.6 is 0 Å². The number of nitrogens with one attached hydrogen (secondary N) is 1. The number of nitrogens with zero attached hydrogens (tertiary/aromatic N) is 4. The molecule has 0 spiro atoms. The van der Waals surface area contributed by atoms with E-state index in [9.17, 15) is 18.3 Å². The maximum absolute atomic E-state index is 13.5. The second-order valence-electron chi connectivity index (χ2n) is 9.98. The summed E-state index contributed by atoms with van der Waals surface area (Å²) in [5, 5.41) is 9.71. The predicted molar refractivity (Wildman–Crippen MR) is 132 cm³/mol. The molecule has 1 aromatic heterocycles. The van der Waals surface area contributed by atoms with Gasteiger partial charge in [-0.1, -0.05) is 6.92 Å². The number of fused-ring (bicyclic) bond motifs is 1. The SMILES string of the molecule is C[C@H]1CN([C@@H](C)CO)C(=O)c2cc(NS(=O)(=O)c3cn(C)cn3)ccc2O[C@@H]1CN(C)CC1CC1. The molecule has 0 saturated heterocycles. The highest BCUT2D eigenvalue weighted by atomic mass is 32.2. The highest BCUT2D eigenvalue weighted by Gasteiger charge is 2.34. The van der Waals surface area contributed by atoms with Crippen LogP contribution in [-0.4, -0.2) is 84.2 Å². The number of hydrogen-bond acceptors (Lipinski definition) is 7. The van der Waals surface area contributed by atoms with E-state index in [1.54, 1.807) is 35.6 Å². The fourth-order valence-electron chi connectivity index (χ4n) is 4.36. The Hall–Kier alpha value is -2.63. The van der Waals surface area contributed by atoms with Crippen molar-refractivity contribution in [2.75, 3.05) is 38.0 Å². The number of aromatic nitrogens is 2. The first-order chi connectivity index (χ1) is 16.6. The van der Waals surface area contributed by atoms with E-state index in [2.05, 4.69) is 28.6 Å². The number of carbonyl (C=O) groups is 1. The van der Waals surface area contributed by atoms with Crippen molar-refractivity contribution in [3.8, 4) is 5.75 Å². The smallest absolute Gasteiger partial charge is 0.280 e. The molecule has 1 aromatic carbocycles. The Morgan fingerprint density at radius 2 is 2.06 bits per heavy atom. The molecule has 0 unspecified atom stereocenters. The van der Waals surface area contributed by atoms with E-state index in [0.29, 0.717) is 18.8 Å². The van der Waals surface area contributed by atoms with E-state index in [1.807, 2.05) is 0 Å². The number of likely N-dealkylation sites (N-methyl/N-ethyl adjacent to an activating group) is 1. The van der Waals surface area contributed by atoms with E-state index in [0.717, 1.165) is 12.5 Å². The third kappa shape index (κ3) is 5.96. The van der Waals surface area contributed by atoms with E-state index >= 15 is 0 Å². The van der Waals surface area contributed by atoms with Gasteiger partial charge in [0, 0.05) is 44.5 Å². The van der Waals surface area contributed by atoms with Gasteiger partial charge in [0.05, 0.1) is 24.5 Å². The number of ether oxygens (including phenoxy) is 1. The molecule has 1 fully saturated rings. The second-order valence-corrected chi connectivity index (χ2v) is 11.6. The van der Waals surface area contributed by atoms with Crippen LogP contribution in [0.15, 0.2) is 35.7 Å². The van der Waals surface area contributed by atoms with Gasteiger partial charge in [0.15, 0.2) is 5.03 Å². The van der Waals surface area contributed by atoms with Gasteiger partial charge < -0.3 is 24.2 Å². The van der Waals surface area contributed by atoms with Crippen LogP contribution in [0.2, 0.25) is 0 Å². The van der Waals surface area contributed by atoms with Crippen LogP contribution in [0, 0.1) is 11.8 Å². The molecule has 2 N–H and O–H groups in total. The first kappa shape index (κ1) is 25.5. The summed E-state index contributed by atoms with van der Waals surface area (Å²) in [6, 6.07) is 4.33. The molecule has 1 saturated carbocycles. The number of anilines is 1. The first-order valence-corrected chi connectivity index (χ1v) is 13.5. The molecule has 2 aliphatic rings. The Labute approximate surface area is 206 Å². The zero-order valence-electron chi connectivity index (χ0n) is 20.7. The molecule has 2 aromatic rings. The molecule has 0 radical (unpaired) electrons. The van der Waals surface area contributed by atoms with Crippen LogP contribution in [0.5, 0.6) is 5.75 Å². The average molecular weight is 506 g/mol. The number of benzene rings is 1. The highest BCUT2D eigenvalue weighted by molar-refractivity contribution is 7.92. The number of carbonyl (C=O) groups excluding carboxylic acids is 1. The van der Waals surface area contributed by atoms with Gasteiger partial charge >= 0.3 is 0 Å². The summed E-state index contributed by atoms with van der Waals surface area (Å²) in [6.45, 7) is 5.83. The lowest BCUT2D eigenvalue weighted by Crippen LogP contribution is -2.50. The minimum absolute atomic E-state index is 0.0325. The number of hydrogen-bond donors (Lipinski definition) is 2. The molecular weight excluding hydrogens is 470 g/mol. The third-order valence-corrected chi connectivity index (χ3v) is 7.90. The van der Waals surface area contributed by atoms with Crippen LogP contribution in [0.3, 0.4) is 0 Å². The van der Waals surface area contributed by atoms with Crippen molar-refractivity contribution >= 4 is 21.6 Å². The maximum Gasteiger partial charge on any atom is 0.280 e. The minimum atomic E-state index is -3.92. The maximum atomic E-state index is 13.5. The number of sulfonamides is 1. The quantitative estimate of drug-likeness (QED) is 0.534. The zero-order valence-corrected chi connectivity index (χ0v) is 21.5. The normalized spacial score (nSPS) is 21.8. The number of aryl methyl sites for hydroxylation is 1. The number of amides is 1. The van der Waals surface area contributed by atoms with Gasteiger partial charge in [-0.15, -0.1) is 0 Å². The Morgan fingerprint density at radius 3 is 2.69 bits per heavy atom. The lowest BCUT2D eigenvalue weighted by molar-refractivity contribution is 0.0344. The minimum Gasteiger partial charge on any atom is -0.488 e. The molecule has 35 heavy (non-hydrogen) atoms. The molecule has 1 aliphatic heterocycles. The molecule has 1 amide bonds. The van der Waals surface area contributed by atoms with Crippen molar-refractivity contribution in [1.82, 2.24) is 19.4 Å². The molecule has 11 heteroatoms. The molecule has 1 aliphatic carbocycles. The van der Waals surface area contributed by atoms with Gasteiger partial charge in [-0.2, -0.15) is 8.42 Å². The molecule has 192 valence electrons. The Morgan fingerprint density at radius 1 is 1.31 bits per heavy atom. The topological polar surface area (TPSA) is 117 Å². The van der Waals surface area contributed by atoms with E-state index in [1.165, 1.54) is 31.4 Å². The van der Waals surface area contributed by atoms with Crippen LogP contribution in [0.25, 0.3) is 0 Å². The van der Waals surface area contributed by atoms with Crippen molar-refractivity contribution in [3.63, 3.8) is 0 Å². The summed E-state index contributed by atoms with van der Waals surface area (Å²) in [4.78, 5) is 21.4. The largest absolute Gasteiger partial charge is 0.488 e. The third-order valence-electron chi connectivity index (χ3n) is 6.63. The summed E-state index contributed by atoms with van der Waals surface area (Å²) < 4.78 is 36.0. The standard InChI is InChI=1S/C24H35N5O5S/c1-16-10-29(17(2)14-30)24(31)20-9-19(26-35(32,33)23-13-28(4)15-25-23)7-8-21(20)34-22(16)12-27(3)11-18-5-6-18/h7-9,13,15-18,22,26,30H,5-6,10-12,14H2,1-4H3/t16-,17-,22+/m0/s1. The van der Waals surface area contributed by atoms with Crippen LogP contribution in [0.1, 0.15) is 37.0 Å². The fraction of sp³-hybridized carbons (Fsp3) is 0.583. The number of aliphatic hydroxyl groups excluding tert-OH is 1. The van der Waals surface area contributed by atoms with Crippen molar-refractivity contribution in [1.29, 1.82) is 0 Å². The lowest BCUT2D eigenvalue weighted by atomic mass is 9.99. The van der Waals surface area contributed by atoms with E-state index in [-0.39, 0.29) is 40.8 Å². The van der Waals surface area contributed by atoms with E-state index < -0.39 is 16.1 Å². The zero-order chi connectivity index (χ0) is 25.3. The fourth-order valence-corrected chi connectivity index (χ4v) is 5.39. The van der Waals surface area contributed by atoms with Gasteiger partial charge in [-0.05, 0) is 50.9 Å². The Balaban J connectivity index is 1.64. The average Bonchev–Trinajstić information content (AvgIpc) is 3.50. The number of imidazole rings is 1. The Bertz CT molecular complexity index is 1160. The summed E-state index contributed by atoms with van der Waals surface area (Å²) in [6.07, 6.45) is 5.17. The van der Waals surface area contributed by atoms with Crippen molar-refractivity contribution in [2.24, 2.45) is 18.9 Å². The molecule has 3 atom stereocenters. The van der Waals surface area contributed by atoms with Crippen molar-refractivity contribution in [2.45, 2.75) is 43.9 Å². The van der Waals surface area contributed by atoms with Gasteiger partial charge in [-0.25, -0.2) is 4.98 Å². The van der Waals surface area contributed by atoms with Crippen LogP contribution < -0.4 is 9.46 Å².